The smallest absolute Gasteiger partial charge is 0.165 e. The fraction of sp³-hybridized carbons (Fsp3) is 0.583. The number of aliphatic hydroxyl groups is 1. The molecular formula is C12H15FN2O. The van der Waals surface area contributed by atoms with Gasteiger partial charge in [-0.1, -0.05) is 0 Å². The van der Waals surface area contributed by atoms with E-state index in [4.69, 9.17) is 0 Å². The highest BCUT2D eigenvalue weighted by Gasteiger charge is 2.41. The van der Waals surface area contributed by atoms with Crippen molar-refractivity contribution in [1.82, 2.24) is 4.98 Å². The average molecular weight is 222 g/mol. The van der Waals surface area contributed by atoms with Crippen molar-refractivity contribution in [2.75, 3.05) is 4.90 Å². The van der Waals surface area contributed by atoms with Crippen LogP contribution in [0.25, 0.3) is 0 Å². The van der Waals surface area contributed by atoms with Crippen LogP contribution in [-0.4, -0.2) is 28.3 Å². The van der Waals surface area contributed by atoms with Crippen LogP contribution in [0.2, 0.25) is 0 Å². The first-order chi connectivity index (χ1) is 7.75. The lowest BCUT2D eigenvalue weighted by molar-refractivity contribution is 0.125. The van der Waals surface area contributed by atoms with Gasteiger partial charge >= 0.3 is 0 Å². The minimum Gasteiger partial charge on any atom is -0.393 e. The largest absolute Gasteiger partial charge is 0.393 e. The van der Waals surface area contributed by atoms with Gasteiger partial charge in [-0.3, -0.25) is 0 Å². The number of hydrogen-bond acceptors (Lipinski definition) is 3. The quantitative estimate of drug-likeness (QED) is 0.786. The number of aromatic nitrogens is 1. The molecule has 1 aromatic rings. The van der Waals surface area contributed by atoms with Crippen molar-refractivity contribution >= 4 is 5.82 Å². The lowest BCUT2D eigenvalue weighted by Gasteiger charge is -2.38. The molecule has 3 rings (SSSR count). The van der Waals surface area contributed by atoms with E-state index in [9.17, 15) is 9.50 Å². The Morgan fingerprint density at radius 2 is 2.00 bits per heavy atom. The van der Waals surface area contributed by atoms with Crippen LogP contribution in [0, 0.1) is 5.82 Å². The first kappa shape index (κ1) is 10.0. The predicted octanol–water partition coefficient (Wildman–Crippen LogP) is 1.71. The second-order valence-electron chi connectivity index (χ2n) is 4.73. The van der Waals surface area contributed by atoms with E-state index in [0.717, 1.165) is 25.7 Å². The Labute approximate surface area is 93.9 Å². The standard InChI is InChI=1S/C12H15FN2O/c13-11-2-1-5-14-12(11)15-8-3-4-9(15)7-10(16)6-8/h1-2,5,8-10,16H,3-4,6-7H2. The van der Waals surface area contributed by atoms with Crippen molar-refractivity contribution in [3.05, 3.63) is 24.1 Å². The summed E-state index contributed by atoms with van der Waals surface area (Å²) in [6.07, 6.45) is 4.97. The summed E-state index contributed by atoms with van der Waals surface area (Å²) in [6, 6.07) is 3.59. The number of pyridine rings is 1. The zero-order chi connectivity index (χ0) is 11.1. The molecular weight excluding hydrogens is 207 g/mol. The molecule has 3 heterocycles. The zero-order valence-electron chi connectivity index (χ0n) is 9.01. The van der Waals surface area contributed by atoms with E-state index in [0.29, 0.717) is 5.82 Å². The summed E-state index contributed by atoms with van der Waals surface area (Å²) >= 11 is 0. The van der Waals surface area contributed by atoms with Gasteiger partial charge in [-0.15, -0.1) is 0 Å². The molecule has 1 N–H and O–H groups in total. The Morgan fingerprint density at radius 3 is 2.62 bits per heavy atom. The van der Waals surface area contributed by atoms with Crippen molar-refractivity contribution < 1.29 is 9.50 Å². The minimum atomic E-state index is -0.254. The van der Waals surface area contributed by atoms with E-state index >= 15 is 0 Å². The normalized spacial score (nSPS) is 33.1. The van der Waals surface area contributed by atoms with Crippen molar-refractivity contribution in [3.8, 4) is 0 Å². The Kier molecular flexibility index (Phi) is 2.32. The van der Waals surface area contributed by atoms with Gasteiger partial charge in [0.15, 0.2) is 11.6 Å². The van der Waals surface area contributed by atoms with Crippen LogP contribution in [-0.2, 0) is 0 Å². The molecule has 0 aliphatic carbocycles. The average Bonchev–Trinajstić information content (AvgIpc) is 2.53. The number of halogens is 1. The Morgan fingerprint density at radius 1 is 1.31 bits per heavy atom. The third kappa shape index (κ3) is 1.48. The van der Waals surface area contributed by atoms with Gasteiger partial charge in [-0.2, -0.15) is 0 Å². The molecule has 2 saturated heterocycles. The number of aliphatic hydroxyl groups excluding tert-OH is 1. The highest BCUT2D eigenvalue weighted by Crippen LogP contribution is 2.39. The second kappa shape index (κ2) is 3.70. The number of nitrogens with zero attached hydrogens (tertiary/aromatic N) is 2. The molecule has 0 spiro atoms. The summed E-state index contributed by atoms with van der Waals surface area (Å²) in [5.41, 5.74) is 0. The third-order valence-corrected chi connectivity index (χ3v) is 3.69. The van der Waals surface area contributed by atoms with E-state index < -0.39 is 0 Å². The van der Waals surface area contributed by atoms with Crippen LogP contribution in [0.4, 0.5) is 10.2 Å². The molecule has 4 heteroatoms. The lowest BCUT2D eigenvalue weighted by atomic mass is 10.00. The highest BCUT2D eigenvalue weighted by atomic mass is 19.1. The molecule has 2 aliphatic rings. The van der Waals surface area contributed by atoms with E-state index in [1.807, 2.05) is 0 Å². The summed E-state index contributed by atoms with van der Waals surface area (Å²) in [7, 11) is 0. The first-order valence-corrected chi connectivity index (χ1v) is 5.82. The molecule has 0 aromatic carbocycles. The van der Waals surface area contributed by atoms with Gasteiger partial charge in [0.05, 0.1) is 6.10 Å². The van der Waals surface area contributed by atoms with E-state index in [1.54, 1.807) is 12.3 Å². The van der Waals surface area contributed by atoms with Crippen LogP contribution < -0.4 is 4.90 Å². The number of anilines is 1. The minimum absolute atomic E-state index is 0.222. The summed E-state index contributed by atoms with van der Waals surface area (Å²) in [5, 5.41) is 9.68. The molecule has 0 radical (unpaired) electrons. The topological polar surface area (TPSA) is 36.4 Å². The Bertz CT molecular complexity index is 384. The van der Waals surface area contributed by atoms with Crippen molar-refractivity contribution in [2.45, 2.75) is 43.9 Å². The van der Waals surface area contributed by atoms with Crippen LogP contribution in [0.15, 0.2) is 18.3 Å². The summed E-state index contributed by atoms with van der Waals surface area (Å²) in [5.74, 6) is 0.206. The summed E-state index contributed by atoms with van der Waals surface area (Å²) in [6.45, 7) is 0. The van der Waals surface area contributed by atoms with Crippen molar-refractivity contribution in [2.24, 2.45) is 0 Å². The lowest BCUT2D eigenvalue weighted by Crippen LogP contribution is -2.45. The molecule has 0 saturated carbocycles. The fourth-order valence-corrected chi connectivity index (χ4v) is 3.06. The van der Waals surface area contributed by atoms with Gasteiger partial charge in [0.1, 0.15) is 0 Å². The SMILES string of the molecule is OC1CC2CCC(C1)N2c1ncccc1F. The van der Waals surface area contributed by atoms with Crippen molar-refractivity contribution in [3.63, 3.8) is 0 Å². The maximum atomic E-state index is 13.7. The maximum absolute atomic E-state index is 13.7. The predicted molar refractivity (Wildman–Crippen MR) is 58.7 cm³/mol. The molecule has 2 atom stereocenters. The molecule has 2 bridgehead atoms. The highest BCUT2D eigenvalue weighted by molar-refractivity contribution is 5.44. The van der Waals surface area contributed by atoms with E-state index in [-0.39, 0.29) is 24.0 Å². The number of fused-ring (bicyclic) bond motifs is 2. The van der Waals surface area contributed by atoms with E-state index in [2.05, 4.69) is 9.88 Å². The van der Waals surface area contributed by atoms with Gasteiger partial charge in [0, 0.05) is 18.3 Å². The molecule has 16 heavy (non-hydrogen) atoms. The molecule has 2 unspecified atom stereocenters. The third-order valence-electron chi connectivity index (χ3n) is 3.69. The van der Waals surface area contributed by atoms with Gasteiger partial charge in [-0.25, -0.2) is 9.37 Å². The molecule has 0 amide bonds. The van der Waals surface area contributed by atoms with Crippen LogP contribution in [0.3, 0.4) is 0 Å². The zero-order valence-corrected chi connectivity index (χ0v) is 9.01. The first-order valence-electron chi connectivity index (χ1n) is 5.82. The number of hydrogen-bond donors (Lipinski definition) is 1. The molecule has 3 nitrogen and oxygen atoms in total. The van der Waals surface area contributed by atoms with E-state index in [1.165, 1.54) is 6.07 Å². The monoisotopic (exact) mass is 222 g/mol. The van der Waals surface area contributed by atoms with Crippen LogP contribution >= 0.6 is 0 Å². The number of rotatable bonds is 1. The van der Waals surface area contributed by atoms with Crippen LogP contribution in [0.5, 0.6) is 0 Å². The molecule has 86 valence electrons. The van der Waals surface area contributed by atoms with Gasteiger partial charge in [-0.05, 0) is 37.8 Å². The van der Waals surface area contributed by atoms with Gasteiger partial charge in [0.2, 0.25) is 0 Å². The maximum Gasteiger partial charge on any atom is 0.165 e. The summed E-state index contributed by atoms with van der Waals surface area (Å²) in [4.78, 5) is 6.21. The molecule has 1 aromatic heterocycles. The van der Waals surface area contributed by atoms with Gasteiger partial charge in [0.25, 0.3) is 0 Å². The Balaban J connectivity index is 1.94. The van der Waals surface area contributed by atoms with Crippen molar-refractivity contribution in [1.29, 1.82) is 0 Å². The number of piperidine rings is 1. The van der Waals surface area contributed by atoms with Gasteiger partial charge < -0.3 is 10.0 Å². The van der Waals surface area contributed by atoms with Crippen LogP contribution in [0.1, 0.15) is 25.7 Å². The second-order valence-corrected chi connectivity index (χ2v) is 4.73. The molecule has 2 fully saturated rings. The fourth-order valence-electron chi connectivity index (χ4n) is 3.06. The Hall–Kier alpha value is -1.16. The summed E-state index contributed by atoms with van der Waals surface area (Å²) < 4.78 is 13.7. The molecule has 2 aliphatic heterocycles.